The molecule has 14 heteroatoms. The van der Waals surface area contributed by atoms with E-state index in [1.165, 1.54) is 24.3 Å². The van der Waals surface area contributed by atoms with E-state index < -0.39 is 53.9 Å². The van der Waals surface area contributed by atoms with Crippen LogP contribution in [0.5, 0.6) is 11.5 Å². The first-order valence-corrected chi connectivity index (χ1v) is 16.6. The van der Waals surface area contributed by atoms with E-state index in [1.54, 1.807) is 84.9 Å². The molecule has 0 aromatic heterocycles. The summed E-state index contributed by atoms with van der Waals surface area (Å²) in [6, 6.07) is 30.4. The molecule has 0 saturated carbocycles. The van der Waals surface area contributed by atoms with Gasteiger partial charge >= 0.3 is 31.3 Å². The van der Waals surface area contributed by atoms with Crippen molar-refractivity contribution >= 4 is 41.8 Å². The lowest BCUT2D eigenvalue weighted by molar-refractivity contribution is -0.0505. The number of hydrogen-bond donors (Lipinski definition) is 0. The van der Waals surface area contributed by atoms with Crippen molar-refractivity contribution in [3.63, 3.8) is 0 Å². The molecule has 0 amide bonds. The van der Waals surface area contributed by atoms with E-state index in [9.17, 15) is 43.2 Å². The van der Waals surface area contributed by atoms with Crippen LogP contribution in [-0.4, -0.2) is 27.9 Å². The van der Waals surface area contributed by atoms with Gasteiger partial charge in [-0.2, -0.15) is 43.2 Å². The first-order chi connectivity index (χ1) is 22.6. The predicted molar refractivity (Wildman–Crippen MR) is 169 cm³/mol. The number of fused-ring (bicyclic) bond motifs is 2. The van der Waals surface area contributed by atoms with Gasteiger partial charge in [-0.25, -0.2) is 0 Å². The van der Waals surface area contributed by atoms with E-state index in [4.69, 9.17) is 8.37 Å². The summed E-state index contributed by atoms with van der Waals surface area (Å²) in [5.41, 5.74) is -11.4. The fraction of sp³-hybridized carbons (Fsp3) is 0.0588. The van der Waals surface area contributed by atoms with Crippen molar-refractivity contribution < 1.29 is 51.5 Å². The Balaban J connectivity index is 1.82. The van der Waals surface area contributed by atoms with Crippen LogP contribution in [-0.2, 0) is 20.2 Å². The summed E-state index contributed by atoms with van der Waals surface area (Å²) in [5, 5.41) is 0.712. The maximum atomic E-state index is 13.8. The van der Waals surface area contributed by atoms with Crippen LogP contribution in [0.15, 0.2) is 121 Å². The summed E-state index contributed by atoms with van der Waals surface area (Å²) in [6.45, 7) is 0. The van der Waals surface area contributed by atoms with Gasteiger partial charge in [0.05, 0.1) is 0 Å². The van der Waals surface area contributed by atoms with Crippen molar-refractivity contribution in [1.82, 2.24) is 0 Å². The second-order valence-electron chi connectivity index (χ2n) is 10.4. The Bertz CT molecular complexity index is 2220. The van der Waals surface area contributed by atoms with Gasteiger partial charge in [0.1, 0.15) is 0 Å². The van der Waals surface area contributed by atoms with E-state index in [-0.39, 0.29) is 21.9 Å². The van der Waals surface area contributed by atoms with Crippen molar-refractivity contribution in [2.75, 3.05) is 0 Å². The molecule has 0 unspecified atom stereocenters. The van der Waals surface area contributed by atoms with E-state index in [2.05, 4.69) is 0 Å². The number of hydrogen-bond acceptors (Lipinski definition) is 6. The third-order valence-corrected chi connectivity index (χ3v) is 9.33. The van der Waals surface area contributed by atoms with Crippen LogP contribution < -0.4 is 8.37 Å². The number of alkyl halides is 6. The highest BCUT2D eigenvalue weighted by Crippen LogP contribution is 2.51. The molecule has 6 aromatic rings. The van der Waals surface area contributed by atoms with E-state index in [0.717, 1.165) is 12.1 Å². The Morgan fingerprint density at radius 2 is 0.708 bits per heavy atom. The quantitative estimate of drug-likeness (QED) is 0.0936. The molecule has 0 spiro atoms. The third-order valence-electron chi connectivity index (χ3n) is 7.40. The highest BCUT2D eigenvalue weighted by molar-refractivity contribution is 7.88. The molecule has 0 aliphatic rings. The molecule has 0 N–H and O–H groups in total. The second kappa shape index (κ2) is 11.9. The zero-order valence-corrected chi connectivity index (χ0v) is 25.7. The smallest absolute Gasteiger partial charge is 0.375 e. The van der Waals surface area contributed by atoms with Gasteiger partial charge in [0, 0.05) is 11.1 Å². The van der Waals surface area contributed by atoms with Crippen molar-refractivity contribution in [3.05, 3.63) is 121 Å². The van der Waals surface area contributed by atoms with Crippen LogP contribution in [0.2, 0.25) is 0 Å². The molecule has 0 radical (unpaired) electrons. The average Bonchev–Trinajstić information content (AvgIpc) is 3.04. The molecular weight excluding hydrogens is 682 g/mol. The van der Waals surface area contributed by atoms with Gasteiger partial charge in [-0.3, -0.25) is 0 Å². The van der Waals surface area contributed by atoms with Crippen LogP contribution in [0.1, 0.15) is 0 Å². The van der Waals surface area contributed by atoms with Crippen LogP contribution in [0.25, 0.3) is 54.9 Å². The summed E-state index contributed by atoms with van der Waals surface area (Å²) >= 11 is 0. The summed E-state index contributed by atoms with van der Waals surface area (Å²) in [7, 11) is -12.7. The minimum atomic E-state index is -6.36. The van der Waals surface area contributed by atoms with Gasteiger partial charge in [-0.05, 0) is 55.9 Å². The van der Waals surface area contributed by atoms with Gasteiger partial charge in [-0.1, -0.05) is 109 Å². The average molecular weight is 703 g/mol. The van der Waals surface area contributed by atoms with Crippen LogP contribution >= 0.6 is 0 Å². The Hall–Kier alpha value is -5.08. The van der Waals surface area contributed by atoms with E-state index in [1.807, 2.05) is 0 Å². The minimum absolute atomic E-state index is 0.0260. The SMILES string of the molecule is O=S(=O)(Oc1cc(-c2ccccc2)c2ccccc2c1-c1c(OS(=O)(=O)C(F)(F)F)cc(-c2ccccc2)c2ccccc12)C(F)(F)F. The largest absolute Gasteiger partial charge is 0.534 e. The molecule has 0 fully saturated rings. The van der Waals surface area contributed by atoms with Gasteiger partial charge < -0.3 is 8.37 Å². The fourth-order valence-corrected chi connectivity index (χ4v) is 6.32. The Labute approximate surface area is 270 Å². The maximum Gasteiger partial charge on any atom is 0.534 e. The van der Waals surface area contributed by atoms with Crippen LogP contribution in [0, 0.1) is 0 Å². The van der Waals surface area contributed by atoms with Crippen molar-refractivity contribution in [1.29, 1.82) is 0 Å². The maximum absolute atomic E-state index is 13.8. The molecule has 6 nitrogen and oxygen atoms in total. The summed E-state index contributed by atoms with van der Waals surface area (Å²) in [4.78, 5) is 0. The lowest BCUT2D eigenvalue weighted by Gasteiger charge is -2.22. The molecule has 48 heavy (non-hydrogen) atoms. The van der Waals surface area contributed by atoms with Gasteiger partial charge in [-0.15, -0.1) is 0 Å². The number of halogens is 6. The molecule has 0 heterocycles. The zero-order chi connectivity index (χ0) is 34.5. The summed E-state index contributed by atoms with van der Waals surface area (Å²) < 4.78 is 142. The van der Waals surface area contributed by atoms with Gasteiger partial charge in [0.2, 0.25) is 0 Å². The number of benzene rings is 6. The van der Waals surface area contributed by atoms with Gasteiger partial charge in [0.25, 0.3) is 0 Å². The molecule has 6 rings (SSSR count). The highest BCUT2D eigenvalue weighted by Gasteiger charge is 2.50. The lowest BCUT2D eigenvalue weighted by Crippen LogP contribution is -2.28. The molecule has 0 saturated heterocycles. The predicted octanol–water partition coefficient (Wildman–Crippen LogP) is 9.45. The van der Waals surface area contributed by atoms with Crippen LogP contribution in [0.3, 0.4) is 0 Å². The fourth-order valence-electron chi connectivity index (χ4n) is 5.39. The Morgan fingerprint density at radius 1 is 0.417 bits per heavy atom. The van der Waals surface area contributed by atoms with E-state index in [0.29, 0.717) is 21.9 Å². The van der Waals surface area contributed by atoms with E-state index >= 15 is 0 Å². The first kappa shape index (κ1) is 32.8. The molecular formula is C34H20F6O6S2. The standard InChI is InChI=1S/C34H20F6O6S2/c35-33(36,37)47(41,42)45-29-19-27(21-11-3-1-4-12-21)23-15-7-9-17-25(23)31(29)32-26-18-10-8-16-24(26)28(22-13-5-2-6-14-22)20-30(32)46-48(43,44)34(38,39)40/h1-20H. The minimum Gasteiger partial charge on any atom is -0.375 e. The topological polar surface area (TPSA) is 86.7 Å². The summed E-state index contributed by atoms with van der Waals surface area (Å²) in [5.74, 6) is -1.87. The molecule has 0 bridgehead atoms. The monoisotopic (exact) mass is 702 g/mol. The van der Waals surface area contributed by atoms with Crippen molar-refractivity contribution in [3.8, 4) is 44.9 Å². The zero-order valence-electron chi connectivity index (χ0n) is 24.1. The highest BCUT2D eigenvalue weighted by atomic mass is 32.2. The Morgan fingerprint density at radius 3 is 1.02 bits per heavy atom. The molecule has 0 aliphatic heterocycles. The van der Waals surface area contributed by atoms with Gasteiger partial charge in [0.15, 0.2) is 11.5 Å². The lowest BCUT2D eigenvalue weighted by atomic mass is 9.86. The molecule has 246 valence electrons. The first-order valence-electron chi connectivity index (χ1n) is 13.8. The van der Waals surface area contributed by atoms with Crippen molar-refractivity contribution in [2.45, 2.75) is 11.0 Å². The summed E-state index contributed by atoms with van der Waals surface area (Å²) in [6.07, 6.45) is 0. The van der Waals surface area contributed by atoms with Crippen molar-refractivity contribution in [2.24, 2.45) is 0 Å². The number of rotatable bonds is 7. The molecule has 6 aromatic carbocycles. The molecule has 0 aliphatic carbocycles. The third kappa shape index (κ3) is 5.92. The van der Waals surface area contributed by atoms with Crippen LogP contribution in [0.4, 0.5) is 26.3 Å². The Kier molecular flexibility index (Phi) is 8.12. The normalized spacial score (nSPS) is 12.7. The molecule has 0 atom stereocenters. The second-order valence-corrected chi connectivity index (χ2v) is 13.5.